The van der Waals surface area contributed by atoms with Gasteiger partial charge in [0.25, 0.3) is 0 Å². The average molecular weight is 385 g/mol. The van der Waals surface area contributed by atoms with Gasteiger partial charge in [-0.2, -0.15) is 0 Å². The zero-order valence-electron chi connectivity index (χ0n) is 16.6. The minimum Gasteiger partial charge on any atom is -0.359 e. The molecule has 1 N–H and O–H groups in total. The van der Waals surface area contributed by atoms with Gasteiger partial charge in [-0.05, 0) is 36.6 Å². The van der Waals surface area contributed by atoms with E-state index in [1.807, 2.05) is 30.3 Å². The van der Waals surface area contributed by atoms with E-state index < -0.39 is 0 Å². The first-order valence-electron chi connectivity index (χ1n) is 10.1. The number of nitrogens with one attached hydrogen (secondary N) is 1. The average Bonchev–Trinajstić information content (AvgIpc) is 3.36. The van der Waals surface area contributed by atoms with Crippen LogP contribution in [0.15, 0.2) is 48.8 Å². The number of aromatic nitrogens is 6. The standard InChI is InChI=1S/C22H23N7/c1-14(2)19(22-28-27-18-10-6-12-29(18)22)25-21-16-8-3-4-9-17(16)24-20(26-21)15-7-5-11-23-13-15/h3-5,7-9,11,13-14,19H,6,10,12H2,1-2H3,(H,24,25,26)/t19-/m1/s1. The predicted molar refractivity (Wildman–Crippen MR) is 112 cm³/mol. The van der Waals surface area contributed by atoms with Crippen molar-refractivity contribution in [2.45, 2.75) is 39.3 Å². The van der Waals surface area contributed by atoms with E-state index in [2.05, 4.69) is 45.0 Å². The van der Waals surface area contributed by atoms with Gasteiger partial charge in [0.2, 0.25) is 0 Å². The largest absolute Gasteiger partial charge is 0.359 e. The Labute approximate surface area is 169 Å². The van der Waals surface area contributed by atoms with Crippen LogP contribution in [0.3, 0.4) is 0 Å². The van der Waals surface area contributed by atoms with Gasteiger partial charge in [-0.15, -0.1) is 10.2 Å². The zero-order chi connectivity index (χ0) is 19.8. The number of para-hydroxylation sites is 1. The number of fused-ring (bicyclic) bond motifs is 2. The van der Waals surface area contributed by atoms with E-state index in [1.165, 1.54) is 0 Å². The molecule has 5 rings (SSSR count). The Bertz CT molecular complexity index is 1150. The fraction of sp³-hybridized carbons (Fsp3) is 0.318. The molecule has 1 atom stereocenters. The molecule has 0 spiro atoms. The normalized spacial score (nSPS) is 14.3. The van der Waals surface area contributed by atoms with Gasteiger partial charge in [0.15, 0.2) is 11.6 Å². The molecule has 4 heterocycles. The molecule has 29 heavy (non-hydrogen) atoms. The minimum absolute atomic E-state index is 0.00871. The minimum atomic E-state index is 0.00871. The second-order valence-electron chi connectivity index (χ2n) is 7.75. The molecule has 7 nitrogen and oxygen atoms in total. The van der Waals surface area contributed by atoms with Crippen molar-refractivity contribution in [2.24, 2.45) is 5.92 Å². The summed E-state index contributed by atoms with van der Waals surface area (Å²) in [6.45, 7) is 5.37. The van der Waals surface area contributed by atoms with Crippen LogP contribution >= 0.6 is 0 Å². The molecule has 0 aliphatic carbocycles. The van der Waals surface area contributed by atoms with Crippen molar-refractivity contribution >= 4 is 16.7 Å². The molecule has 1 aromatic carbocycles. The molecule has 1 aliphatic rings. The van der Waals surface area contributed by atoms with E-state index in [0.717, 1.165) is 53.3 Å². The Morgan fingerprint density at radius 1 is 1.03 bits per heavy atom. The molecule has 7 heteroatoms. The van der Waals surface area contributed by atoms with Crippen LogP contribution in [0.1, 0.15) is 38.0 Å². The van der Waals surface area contributed by atoms with E-state index >= 15 is 0 Å². The number of nitrogens with zero attached hydrogens (tertiary/aromatic N) is 6. The van der Waals surface area contributed by atoms with Crippen molar-refractivity contribution in [2.75, 3.05) is 5.32 Å². The highest BCUT2D eigenvalue weighted by Crippen LogP contribution is 2.31. The highest BCUT2D eigenvalue weighted by molar-refractivity contribution is 5.90. The van der Waals surface area contributed by atoms with Crippen LogP contribution in [-0.4, -0.2) is 29.7 Å². The van der Waals surface area contributed by atoms with Crippen molar-refractivity contribution in [1.29, 1.82) is 0 Å². The molecule has 0 unspecified atom stereocenters. The Kier molecular flexibility index (Phi) is 4.42. The highest BCUT2D eigenvalue weighted by atomic mass is 15.3. The quantitative estimate of drug-likeness (QED) is 0.558. The molecule has 0 bridgehead atoms. The Morgan fingerprint density at radius 2 is 1.93 bits per heavy atom. The molecule has 0 amide bonds. The van der Waals surface area contributed by atoms with E-state index in [1.54, 1.807) is 12.4 Å². The number of pyridine rings is 1. The van der Waals surface area contributed by atoms with E-state index in [9.17, 15) is 0 Å². The first-order chi connectivity index (χ1) is 14.2. The smallest absolute Gasteiger partial charge is 0.163 e. The Balaban J connectivity index is 1.61. The van der Waals surface area contributed by atoms with Gasteiger partial charge in [0.05, 0.1) is 11.6 Å². The summed E-state index contributed by atoms with van der Waals surface area (Å²) < 4.78 is 2.25. The lowest BCUT2D eigenvalue weighted by Crippen LogP contribution is -2.22. The first kappa shape index (κ1) is 17.7. The number of anilines is 1. The van der Waals surface area contributed by atoms with Gasteiger partial charge in [0.1, 0.15) is 11.6 Å². The van der Waals surface area contributed by atoms with Crippen molar-refractivity contribution in [1.82, 2.24) is 29.7 Å². The molecule has 0 saturated carbocycles. The van der Waals surface area contributed by atoms with Crippen molar-refractivity contribution in [3.05, 3.63) is 60.4 Å². The van der Waals surface area contributed by atoms with Gasteiger partial charge >= 0.3 is 0 Å². The van der Waals surface area contributed by atoms with Crippen LogP contribution in [0.25, 0.3) is 22.3 Å². The maximum absolute atomic E-state index is 4.88. The van der Waals surface area contributed by atoms with Crippen LogP contribution in [0, 0.1) is 5.92 Å². The second-order valence-corrected chi connectivity index (χ2v) is 7.75. The molecule has 146 valence electrons. The predicted octanol–water partition coefficient (Wildman–Crippen LogP) is 4.04. The van der Waals surface area contributed by atoms with Crippen molar-refractivity contribution in [3.8, 4) is 11.4 Å². The monoisotopic (exact) mass is 385 g/mol. The van der Waals surface area contributed by atoms with Gasteiger partial charge in [0, 0.05) is 36.3 Å². The second kappa shape index (κ2) is 7.24. The summed E-state index contributed by atoms with van der Waals surface area (Å²) in [6, 6.07) is 12.0. The fourth-order valence-electron chi connectivity index (χ4n) is 3.89. The number of aryl methyl sites for hydroxylation is 1. The summed E-state index contributed by atoms with van der Waals surface area (Å²) in [5, 5.41) is 13.6. The third-order valence-electron chi connectivity index (χ3n) is 5.40. The zero-order valence-corrected chi connectivity index (χ0v) is 16.6. The maximum atomic E-state index is 4.88. The van der Waals surface area contributed by atoms with Crippen LogP contribution < -0.4 is 5.32 Å². The molecule has 4 aromatic rings. The highest BCUT2D eigenvalue weighted by Gasteiger charge is 2.27. The van der Waals surface area contributed by atoms with Gasteiger partial charge in [-0.1, -0.05) is 26.0 Å². The molecule has 0 radical (unpaired) electrons. The summed E-state index contributed by atoms with van der Waals surface area (Å²) in [5.41, 5.74) is 1.80. The molecule has 1 aliphatic heterocycles. The lowest BCUT2D eigenvalue weighted by atomic mass is 10.0. The Morgan fingerprint density at radius 3 is 2.76 bits per heavy atom. The molecule has 0 saturated heterocycles. The molecular weight excluding hydrogens is 362 g/mol. The molecular formula is C22H23N7. The lowest BCUT2D eigenvalue weighted by Gasteiger charge is -2.23. The summed E-state index contributed by atoms with van der Waals surface area (Å²) in [4.78, 5) is 13.8. The van der Waals surface area contributed by atoms with Gasteiger partial charge < -0.3 is 9.88 Å². The van der Waals surface area contributed by atoms with Gasteiger partial charge in [-0.3, -0.25) is 4.98 Å². The van der Waals surface area contributed by atoms with E-state index in [-0.39, 0.29) is 6.04 Å². The summed E-state index contributed by atoms with van der Waals surface area (Å²) >= 11 is 0. The summed E-state index contributed by atoms with van der Waals surface area (Å²) in [7, 11) is 0. The van der Waals surface area contributed by atoms with Crippen molar-refractivity contribution in [3.63, 3.8) is 0 Å². The van der Waals surface area contributed by atoms with Crippen LogP contribution in [-0.2, 0) is 13.0 Å². The van der Waals surface area contributed by atoms with Gasteiger partial charge in [-0.25, -0.2) is 9.97 Å². The number of rotatable bonds is 5. The third kappa shape index (κ3) is 3.22. The topological polar surface area (TPSA) is 81.4 Å². The lowest BCUT2D eigenvalue weighted by molar-refractivity contribution is 0.495. The SMILES string of the molecule is CC(C)[C@@H](Nc1nc(-c2cccnc2)nc2ccccc12)c1nnc2n1CCC2. The van der Waals surface area contributed by atoms with Crippen LogP contribution in [0.2, 0.25) is 0 Å². The van der Waals surface area contributed by atoms with E-state index in [0.29, 0.717) is 11.7 Å². The first-order valence-corrected chi connectivity index (χ1v) is 10.1. The molecule has 0 fully saturated rings. The number of hydrogen-bond donors (Lipinski definition) is 1. The summed E-state index contributed by atoms with van der Waals surface area (Å²) in [6.07, 6.45) is 5.67. The maximum Gasteiger partial charge on any atom is 0.163 e. The summed E-state index contributed by atoms with van der Waals surface area (Å²) in [5.74, 6) is 3.85. The number of hydrogen-bond acceptors (Lipinski definition) is 6. The van der Waals surface area contributed by atoms with Crippen LogP contribution in [0.4, 0.5) is 5.82 Å². The Hall–Kier alpha value is -3.35. The van der Waals surface area contributed by atoms with Crippen molar-refractivity contribution < 1.29 is 0 Å². The fourth-order valence-corrected chi connectivity index (χ4v) is 3.89. The van der Waals surface area contributed by atoms with Crippen LogP contribution in [0.5, 0.6) is 0 Å². The third-order valence-corrected chi connectivity index (χ3v) is 5.40. The van der Waals surface area contributed by atoms with E-state index in [4.69, 9.17) is 9.97 Å². The molecule has 3 aromatic heterocycles. The number of benzene rings is 1.